The molecule has 0 saturated carbocycles. The number of sulfonamides is 1. The number of anilines is 1. The highest BCUT2D eigenvalue weighted by atomic mass is 32.2. The van der Waals surface area contributed by atoms with E-state index in [9.17, 15) is 8.42 Å². The van der Waals surface area contributed by atoms with E-state index in [-0.39, 0.29) is 10.9 Å². The van der Waals surface area contributed by atoms with Crippen LogP contribution in [0.15, 0.2) is 53.8 Å². The number of hydrogen-bond donors (Lipinski definition) is 1. The van der Waals surface area contributed by atoms with Crippen molar-refractivity contribution in [3.63, 3.8) is 0 Å². The van der Waals surface area contributed by atoms with E-state index in [1.807, 2.05) is 45.0 Å². The lowest BCUT2D eigenvalue weighted by atomic mass is 10.2. The molecule has 0 saturated heterocycles. The molecule has 3 aromatic rings. The quantitative estimate of drug-likeness (QED) is 0.771. The van der Waals surface area contributed by atoms with E-state index in [1.54, 1.807) is 21.6 Å². The van der Waals surface area contributed by atoms with Crippen molar-refractivity contribution >= 4 is 15.8 Å². The van der Waals surface area contributed by atoms with Crippen molar-refractivity contribution in [3.05, 3.63) is 54.5 Å². The van der Waals surface area contributed by atoms with E-state index in [2.05, 4.69) is 14.9 Å². The van der Waals surface area contributed by atoms with Crippen LogP contribution in [0.5, 0.6) is 0 Å². The summed E-state index contributed by atoms with van der Waals surface area (Å²) in [6.07, 6.45) is 4.42. The van der Waals surface area contributed by atoms with Gasteiger partial charge in [-0.25, -0.2) is 13.1 Å². The van der Waals surface area contributed by atoms with Gasteiger partial charge in [0.25, 0.3) is 10.0 Å². The first kappa shape index (κ1) is 16.3. The lowest BCUT2D eigenvalue weighted by Gasteiger charge is -2.11. The first-order valence-electron chi connectivity index (χ1n) is 7.55. The van der Waals surface area contributed by atoms with Crippen molar-refractivity contribution in [2.45, 2.75) is 31.7 Å². The molecule has 0 aliphatic heterocycles. The average molecular weight is 345 g/mol. The van der Waals surface area contributed by atoms with Gasteiger partial charge < -0.3 is 0 Å². The molecule has 0 unspecified atom stereocenters. The topological polar surface area (TPSA) is 81.8 Å². The molecule has 2 aromatic heterocycles. The van der Waals surface area contributed by atoms with Gasteiger partial charge in [0.1, 0.15) is 10.7 Å². The van der Waals surface area contributed by atoms with Crippen LogP contribution in [0.3, 0.4) is 0 Å². The van der Waals surface area contributed by atoms with Gasteiger partial charge in [-0.3, -0.25) is 9.40 Å². The van der Waals surface area contributed by atoms with Gasteiger partial charge in [-0.15, -0.1) is 0 Å². The molecule has 24 heavy (non-hydrogen) atoms. The second kappa shape index (κ2) is 6.12. The Morgan fingerprint density at radius 2 is 1.88 bits per heavy atom. The maximum absolute atomic E-state index is 12.6. The smallest absolute Gasteiger partial charge is 0.266 e. The molecule has 7 nitrogen and oxygen atoms in total. The third-order valence-electron chi connectivity index (χ3n) is 3.64. The first-order chi connectivity index (χ1) is 11.4. The molecule has 2 heterocycles. The fourth-order valence-electron chi connectivity index (χ4n) is 2.31. The van der Waals surface area contributed by atoms with Crippen molar-refractivity contribution in [1.82, 2.24) is 19.6 Å². The monoisotopic (exact) mass is 345 g/mol. The minimum Gasteiger partial charge on any atom is -0.269 e. The lowest BCUT2D eigenvalue weighted by molar-refractivity contribution is 0.531. The normalized spacial score (nSPS) is 11.8. The number of benzene rings is 1. The van der Waals surface area contributed by atoms with E-state index >= 15 is 0 Å². The molecule has 0 amide bonds. The third-order valence-corrected chi connectivity index (χ3v) is 4.95. The number of nitrogens with one attached hydrogen (secondary N) is 1. The molecule has 3 rings (SSSR count). The minimum atomic E-state index is -3.73. The summed E-state index contributed by atoms with van der Waals surface area (Å²) in [5.74, 6) is 0.376. The van der Waals surface area contributed by atoms with E-state index in [1.165, 1.54) is 12.4 Å². The summed E-state index contributed by atoms with van der Waals surface area (Å²) >= 11 is 0. The van der Waals surface area contributed by atoms with Gasteiger partial charge in [-0.2, -0.15) is 10.2 Å². The Kier molecular flexibility index (Phi) is 4.15. The number of para-hydroxylation sites is 1. The standard InChI is InChI=1S/C16H19N5O2S/c1-12(2)20-11-14(10-18-20)24(22,23)19-16-8-9-17-21(16)15-7-5-4-6-13(15)3/h4-12,19H,1-3H3. The number of nitrogens with zero attached hydrogens (tertiary/aromatic N) is 4. The molecule has 0 radical (unpaired) electrons. The van der Waals surface area contributed by atoms with Crippen LogP contribution in [0, 0.1) is 6.92 Å². The van der Waals surface area contributed by atoms with Crippen molar-refractivity contribution in [3.8, 4) is 5.69 Å². The maximum Gasteiger partial charge on any atom is 0.266 e. The lowest BCUT2D eigenvalue weighted by Crippen LogP contribution is -2.16. The van der Waals surface area contributed by atoms with Gasteiger partial charge in [-0.1, -0.05) is 18.2 Å². The number of aryl methyl sites for hydroxylation is 1. The Morgan fingerprint density at radius 1 is 1.12 bits per heavy atom. The number of aromatic nitrogens is 4. The van der Waals surface area contributed by atoms with Crippen LogP contribution in [0.25, 0.3) is 5.69 Å². The molecule has 1 N–H and O–H groups in total. The van der Waals surface area contributed by atoms with Gasteiger partial charge in [0.2, 0.25) is 0 Å². The highest BCUT2D eigenvalue weighted by Crippen LogP contribution is 2.21. The molecule has 8 heteroatoms. The largest absolute Gasteiger partial charge is 0.269 e. The Bertz CT molecular complexity index is 956. The van der Waals surface area contributed by atoms with E-state index < -0.39 is 10.0 Å². The van der Waals surface area contributed by atoms with Crippen molar-refractivity contribution in [2.75, 3.05) is 4.72 Å². The van der Waals surface area contributed by atoms with Crippen LogP contribution in [0.2, 0.25) is 0 Å². The summed E-state index contributed by atoms with van der Waals surface area (Å²) in [7, 11) is -3.73. The average Bonchev–Trinajstić information content (AvgIpc) is 3.17. The van der Waals surface area contributed by atoms with E-state index in [0.29, 0.717) is 5.82 Å². The molecule has 0 bridgehead atoms. The third kappa shape index (κ3) is 3.05. The Balaban J connectivity index is 1.94. The summed E-state index contributed by atoms with van der Waals surface area (Å²) in [6, 6.07) is 9.35. The highest BCUT2D eigenvalue weighted by molar-refractivity contribution is 7.92. The fraction of sp³-hybridized carbons (Fsp3) is 0.250. The van der Waals surface area contributed by atoms with Crippen LogP contribution in [0.1, 0.15) is 25.5 Å². The predicted octanol–water partition coefficient (Wildman–Crippen LogP) is 2.76. The molecule has 0 aliphatic carbocycles. The highest BCUT2D eigenvalue weighted by Gasteiger charge is 2.20. The molecular formula is C16H19N5O2S. The summed E-state index contributed by atoms with van der Waals surface area (Å²) in [5.41, 5.74) is 1.81. The van der Waals surface area contributed by atoms with Crippen molar-refractivity contribution < 1.29 is 8.42 Å². The van der Waals surface area contributed by atoms with Crippen molar-refractivity contribution in [2.24, 2.45) is 0 Å². The van der Waals surface area contributed by atoms with Gasteiger partial charge >= 0.3 is 0 Å². The van der Waals surface area contributed by atoms with Gasteiger partial charge in [0, 0.05) is 18.3 Å². The van der Waals surface area contributed by atoms with Crippen LogP contribution >= 0.6 is 0 Å². The second-order valence-corrected chi connectivity index (χ2v) is 7.45. The SMILES string of the molecule is Cc1ccccc1-n1nccc1NS(=O)(=O)c1cnn(C(C)C)c1. The number of hydrogen-bond acceptors (Lipinski definition) is 4. The summed E-state index contributed by atoms with van der Waals surface area (Å²) in [4.78, 5) is 0.119. The van der Waals surface area contributed by atoms with Crippen LogP contribution in [-0.2, 0) is 10.0 Å². The zero-order chi connectivity index (χ0) is 17.3. The summed E-state index contributed by atoms with van der Waals surface area (Å²) < 4.78 is 31.0. The van der Waals surface area contributed by atoms with Crippen molar-refractivity contribution in [1.29, 1.82) is 0 Å². The molecule has 1 aromatic carbocycles. The predicted molar refractivity (Wildman–Crippen MR) is 91.7 cm³/mol. The Hall–Kier alpha value is -2.61. The van der Waals surface area contributed by atoms with Crippen LogP contribution < -0.4 is 4.72 Å². The van der Waals surface area contributed by atoms with Gasteiger partial charge in [0.05, 0.1) is 18.1 Å². The molecule has 126 valence electrons. The Morgan fingerprint density at radius 3 is 2.54 bits per heavy atom. The summed E-state index contributed by atoms with van der Waals surface area (Å²) in [6.45, 7) is 5.82. The molecule has 0 spiro atoms. The second-order valence-electron chi connectivity index (χ2n) is 5.77. The van der Waals surface area contributed by atoms with Gasteiger partial charge in [0.15, 0.2) is 0 Å². The van der Waals surface area contributed by atoms with E-state index in [0.717, 1.165) is 11.3 Å². The zero-order valence-electron chi connectivity index (χ0n) is 13.7. The van der Waals surface area contributed by atoms with Gasteiger partial charge in [-0.05, 0) is 32.4 Å². The molecule has 0 atom stereocenters. The molecular weight excluding hydrogens is 326 g/mol. The minimum absolute atomic E-state index is 0.0893. The number of rotatable bonds is 5. The summed E-state index contributed by atoms with van der Waals surface area (Å²) in [5, 5.41) is 8.31. The first-order valence-corrected chi connectivity index (χ1v) is 9.04. The maximum atomic E-state index is 12.6. The van der Waals surface area contributed by atoms with Crippen LogP contribution in [-0.4, -0.2) is 28.0 Å². The van der Waals surface area contributed by atoms with Crippen LogP contribution in [0.4, 0.5) is 5.82 Å². The van der Waals surface area contributed by atoms with E-state index in [4.69, 9.17) is 0 Å². The molecule has 0 aliphatic rings. The zero-order valence-corrected chi connectivity index (χ0v) is 14.5. The fourth-order valence-corrected chi connectivity index (χ4v) is 3.29. The molecule has 0 fully saturated rings. The Labute approximate surface area is 141 Å².